The molecule has 0 radical (unpaired) electrons. The van der Waals surface area contributed by atoms with Crippen molar-refractivity contribution in [3.05, 3.63) is 69.8 Å². The van der Waals surface area contributed by atoms with Gasteiger partial charge in [-0.3, -0.25) is 29.0 Å². The van der Waals surface area contributed by atoms with Crippen LogP contribution in [0.5, 0.6) is 0 Å². The van der Waals surface area contributed by atoms with Crippen LogP contribution >= 0.6 is 0 Å². The van der Waals surface area contributed by atoms with Crippen molar-refractivity contribution in [3.8, 4) is 12.1 Å². The Hall–Kier alpha value is -5.34. The van der Waals surface area contributed by atoms with E-state index in [1.54, 1.807) is 36.4 Å². The Bertz CT molecular complexity index is 2150. The molecule has 8 nitrogen and oxygen atoms in total. The van der Waals surface area contributed by atoms with Gasteiger partial charge in [-0.1, -0.05) is 51.7 Å². The van der Waals surface area contributed by atoms with Gasteiger partial charge in [-0.15, -0.1) is 0 Å². The molecule has 2 aliphatic rings. The van der Waals surface area contributed by atoms with Gasteiger partial charge in [-0.25, -0.2) is 0 Å². The Morgan fingerprint density at radius 2 is 0.957 bits per heavy atom. The van der Waals surface area contributed by atoms with Crippen LogP contribution < -0.4 is 0 Å². The Morgan fingerprint density at radius 1 is 0.565 bits per heavy atom. The molecule has 0 N–H and O–H groups in total. The molecule has 2 heterocycles. The molecule has 2 aliphatic heterocycles. The van der Waals surface area contributed by atoms with Crippen molar-refractivity contribution in [3.63, 3.8) is 0 Å². The van der Waals surface area contributed by atoms with Gasteiger partial charge in [-0.05, 0) is 67.1 Å². The largest absolute Gasteiger partial charge is 0.272 e. The van der Waals surface area contributed by atoms with Gasteiger partial charge in [0.25, 0.3) is 23.6 Å². The van der Waals surface area contributed by atoms with Gasteiger partial charge in [0.1, 0.15) is 0 Å². The van der Waals surface area contributed by atoms with Crippen molar-refractivity contribution in [2.75, 3.05) is 0 Å². The highest BCUT2D eigenvalue weighted by molar-refractivity contribution is 6.42. The average Bonchev–Trinajstić information content (AvgIpc) is 3.06. The van der Waals surface area contributed by atoms with E-state index in [0.717, 1.165) is 25.7 Å². The van der Waals surface area contributed by atoms with Crippen molar-refractivity contribution < 1.29 is 19.2 Å². The van der Waals surface area contributed by atoms with E-state index in [9.17, 15) is 29.7 Å². The molecule has 0 saturated carbocycles. The van der Waals surface area contributed by atoms with E-state index in [1.807, 2.05) is 20.8 Å². The number of nitrogens with zero attached hydrogens (tertiary/aromatic N) is 4. The molecule has 2 unspecified atom stereocenters. The summed E-state index contributed by atoms with van der Waals surface area (Å²) in [6, 6.07) is 14.0. The van der Waals surface area contributed by atoms with Crippen LogP contribution in [-0.2, 0) is 0 Å². The van der Waals surface area contributed by atoms with Crippen LogP contribution in [0.2, 0.25) is 0 Å². The van der Waals surface area contributed by atoms with Gasteiger partial charge in [-0.2, -0.15) is 10.5 Å². The number of fused-ring (bicyclic) bond motifs is 2. The summed E-state index contributed by atoms with van der Waals surface area (Å²) in [7, 11) is 0. The van der Waals surface area contributed by atoms with Crippen LogP contribution in [0, 0.1) is 22.7 Å². The third-order valence-electron chi connectivity index (χ3n) is 9.97. The van der Waals surface area contributed by atoms with Crippen LogP contribution in [0.15, 0.2) is 36.4 Å². The summed E-state index contributed by atoms with van der Waals surface area (Å²) < 4.78 is 0. The van der Waals surface area contributed by atoms with Crippen molar-refractivity contribution in [1.82, 2.24) is 9.80 Å². The monoisotopic (exact) mass is 608 g/mol. The van der Waals surface area contributed by atoms with Gasteiger partial charge < -0.3 is 0 Å². The number of unbranched alkanes of at least 4 members (excludes halogenated alkanes) is 2. The molecule has 0 saturated heterocycles. The van der Waals surface area contributed by atoms with E-state index in [1.165, 1.54) is 9.80 Å². The maximum Gasteiger partial charge on any atom is 0.261 e. The smallest absolute Gasteiger partial charge is 0.261 e. The zero-order valence-corrected chi connectivity index (χ0v) is 26.3. The molecule has 0 bridgehead atoms. The maximum atomic E-state index is 14.0. The first-order valence-electron chi connectivity index (χ1n) is 16.0. The lowest BCUT2D eigenvalue weighted by molar-refractivity contribution is 0.0527. The number of amides is 4. The van der Waals surface area contributed by atoms with E-state index in [4.69, 9.17) is 0 Å². The van der Waals surface area contributed by atoms with Crippen LogP contribution in [-0.4, -0.2) is 45.5 Å². The van der Waals surface area contributed by atoms with E-state index in [2.05, 4.69) is 19.1 Å². The molecule has 7 rings (SSSR count). The normalized spacial score (nSPS) is 15.8. The Morgan fingerprint density at radius 3 is 1.35 bits per heavy atom. The van der Waals surface area contributed by atoms with Gasteiger partial charge in [0, 0.05) is 50.1 Å². The number of hydrogen-bond acceptors (Lipinski definition) is 6. The van der Waals surface area contributed by atoms with Gasteiger partial charge in [0.15, 0.2) is 0 Å². The summed E-state index contributed by atoms with van der Waals surface area (Å²) in [5, 5.41) is 25.3. The summed E-state index contributed by atoms with van der Waals surface area (Å²) in [4.78, 5) is 58.5. The Kier molecular flexibility index (Phi) is 6.79. The zero-order chi connectivity index (χ0) is 32.6. The topological polar surface area (TPSA) is 122 Å². The number of nitriles is 2. The maximum absolute atomic E-state index is 14.0. The van der Waals surface area contributed by atoms with Crippen LogP contribution in [0.3, 0.4) is 0 Å². The zero-order valence-electron chi connectivity index (χ0n) is 26.3. The van der Waals surface area contributed by atoms with Crippen molar-refractivity contribution in [2.45, 2.75) is 78.3 Å². The van der Waals surface area contributed by atoms with Gasteiger partial charge in [0.2, 0.25) is 0 Å². The first-order valence-corrected chi connectivity index (χ1v) is 16.0. The lowest BCUT2D eigenvalue weighted by Crippen LogP contribution is -2.46. The summed E-state index contributed by atoms with van der Waals surface area (Å²) in [5.74, 6) is -1.64. The van der Waals surface area contributed by atoms with Crippen molar-refractivity contribution >= 4 is 66.7 Å². The highest BCUT2D eigenvalue weighted by atomic mass is 16.2. The predicted octanol–water partition coefficient (Wildman–Crippen LogP) is 7.83. The molecule has 8 heteroatoms. The Balaban J connectivity index is 1.59. The summed E-state index contributed by atoms with van der Waals surface area (Å²) >= 11 is 0. The molecular weight excluding hydrogens is 576 g/mol. The number of rotatable bonds is 8. The first-order chi connectivity index (χ1) is 22.2. The molecular formula is C38H32N4O4. The fourth-order valence-electron chi connectivity index (χ4n) is 7.74. The summed E-state index contributed by atoms with van der Waals surface area (Å²) in [6.45, 7) is 7.85. The van der Waals surface area contributed by atoms with Crippen LogP contribution in [0.4, 0.5) is 0 Å². The standard InChI is InChI=1S/C38H32N4O4/c1-5-7-9-19(3)41-35(43)25-13-11-23-29-21(17-39)15-27-33-28(38(46)42(37(27)45)20(4)10-8-6-2)16-22(18-40)30(34(29)33)24-12-14-26(36(41)44)32(25)31(23)24/h11-16,19-20H,5-10H2,1-4H3. The first kappa shape index (κ1) is 29.4. The molecule has 2 atom stereocenters. The van der Waals surface area contributed by atoms with Crippen LogP contribution in [0.1, 0.15) is 119 Å². The van der Waals surface area contributed by atoms with E-state index >= 15 is 0 Å². The van der Waals surface area contributed by atoms with Gasteiger partial charge in [0.05, 0.1) is 34.4 Å². The summed E-state index contributed by atoms with van der Waals surface area (Å²) in [5.41, 5.74) is 1.76. The highest BCUT2D eigenvalue weighted by Gasteiger charge is 2.40. The molecule has 4 amide bonds. The van der Waals surface area contributed by atoms with Crippen molar-refractivity contribution in [1.29, 1.82) is 10.5 Å². The molecule has 5 aromatic rings. The third kappa shape index (κ3) is 3.77. The quantitative estimate of drug-likeness (QED) is 0.101. The lowest BCUT2D eigenvalue weighted by Gasteiger charge is -2.34. The molecule has 0 spiro atoms. The van der Waals surface area contributed by atoms with Crippen LogP contribution in [0.25, 0.3) is 43.1 Å². The molecule has 46 heavy (non-hydrogen) atoms. The number of hydrogen-bond donors (Lipinski definition) is 0. The number of imide groups is 2. The minimum atomic E-state index is -0.454. The second-order valence-electron chi connectivity index (χ2n) is 12.7. The van der Waals surface area contributed by atoms with Crippen molar-refractivity contribution in [2.24, 2.45) is 0 Å². The average molecular weight is 609 g/mol. The fourth-order valence-corrected chi connectivity index (χ4v) is 7.74. The predicted molar refractivity (Wildman–Crippen MR) is 176 cm³/mol. The second-order valence-corrected chi connectivity index (χ2v) is 12.7. The number of carbonyl (C=O) groups is 4. The SMILES string of the molecule is CCCCC(C)N1C(=O)c2ccc3c4c(C#N)cc5c6c(cc(C#N)c(c7ccc(c2c37)C1=O)c64)C(=O)N(C(C)CCCC)C5=O. The minimum absolute atomic E-state index is 0.225. The molecule has 0 aliphatic carbocycles. The lowest BCUT2D eigenvalue weighted by atomic mass is 9.79. The molecule has 5 aromatic carbocycles. The second kappa shape index (κ2) is 10.6. The van der Waals surface area contributed by atoms with E-state index in [0.29, 0.717) is 67.1 Å². The number of carbonyl (C=O) groups excluding carboxylic acids is 4. The Labute approximate surface area is 266 Å². The highest BCUT2D eigenvalue weighted by Crippen LogP contribution is 2.48. The molecule has 0 aromatic heterocycles. The number of benzene rings is 5. The fraction of sp³-hybridized carbons (Fsp3) is 0.316. The minimum Gasteiger partial charge on any atom is -0.272 e. The van der Waals surface area contributed by atoms with E-state index < -0.39 is 11.8 Å². The molecule has 228 valence electrons. The van der Waals surface area contributed by atoms with E-state index in [-0.39, 0.29) is 46.2 Å². The summed E-state index contributed by atoms with van der Waals surface area (Å²) in [6.07, 6.45) is 4.94. The third-order valence-corrected chi connectivity index (χ3v) is 9.97. The molecule has 0 fully saturated rings. The van der Waals surface area contributed by atoms with Gasteiger partial charge >= 0.3 is 0 Å².